The van der Waals surface area contributed by atoms with E-state index >= 15 is 0 Å². The van der Waals surface area contributed by atoms with Crippen molar-refractivity contribution < 1.29 is 0 Å². The van der Waals surface area contributed by atoms with E-state index in [1.165, 1.54) is 32.5 Å². The van der Waals surface area contributed by atoms with Crippen molar-refractivity contribution in [2.75, 3.05) is 19.6 Å². The molecule has 0 saturated carbocycles. The van der Waals surface area contributed by atoms with Crippen LogP contribution in [-0.4, -0.2) is 40.4 Å². The minimum Gasteiger partial charge on any atom is -0.308 e. The highest BCUT2D eigenvalue weighted by Crippen LogP contribution is 2.11. The Kier molecular flexibility index (Phi) is 4.68. The van der Waals surface area contributed by atoms with Gasteiger partial charge in [-0.3, -0.25) is 0 Å². The number of likely N-dealkylation sites (tertiary alicyclic amines) is 1. The summed E-state index contributed by atoms with van der Waals surface area (Å²) in [4.78, 5) is 2.52. The normalized spacial score (nSPS) is 17.2. The monoisotopic (exact) mass is 284 g/mol. The van der Waals surface area contributed by atoms with Crippen LogP contribution < -0.4 is 5.32 Å². The van der Waals surface area contributed by atoms with Crippen molar-refractivity contribution >= 4 is 0 Å². The Morgan fingerprint density at radius 1 is 1.14 bits per heavy atom. The van der Waals surface area contributed by atoms with Crippen LogP contribution in [0, 0.1) is 0 Å². The van der Waals surface area contributed by atoms with Gasteiger partial charge in [0.1, 0.15) is 0 Å². The molecule has 0 unspecified atom stereocenters. The number of rotatable bonds is 5. The molecule has 1 aliphatic rings. The molecule has 0 amide bonds. The minimum absolute atomic E-state index is 0.634. The summed E-state index contributed by atoms with van der Waals surface area (Å²) >= 11 is 0. The van der Waals surface area contributed by atoms with Crippen molar-refractivity contribution in [3.63, 3.8) is 0 Å². The molecular weight excluding hydrogens is 260 g/mol. The summed E-state index contributed by atoms with van der Waals surface area (Å²) in [5.41, 5.74) is 2.22. The van der Waals surface area contributed by atoms with E-state index in [0.717, 1.165) is 17.9 Å². The highest BCUT2D eigenvalue weighted by Gasteiger charge is 2.17. The molecule has 1 aromatic heterocycles. The van der Waals surface area contributed by atoms with E-state index in [4.69, 9.17) is 0 Å². The lowest BCUT2D eigenvalue weighted by molar-refractivity contribution is 0.205. The molecule has 2 aromatic rings. The van der Waals surface area contributed by atoms with Crippen molar-refractivity contribution in [1.82, 2.24) is 20.0 Å². The maximum absolute atomic E-state index is 4.64. The first-order valence-electron chi connectivity index (χ1n) is 7.91. The Morgan fingerprint density at radius 2 is 1.90 bits per heavy atom. The molecule has 1 aliphatic heterocycles. The van der Waals surface area contributed by atoms with Crippen molar-refractivity contribution in [2.24, 2.45) is 0 Å². The number of nitrogens with zero attached hydrogens (tertiary/aromatic N) is 3. The maximum Gasteiger partial charge on any atom is 0.0766 e. The Hall–Kier alpha value is -1.65. The Bertz CT molecular complexity index is 541. The number of benzene rings is 1. The average molecular weight is 284 g/mol. The van der Waals surface area contributed by atoms with Crippen molar-refractivity contribution in [3.05, 3.63) is 48.3 Å². The van der Waals surface area contributed by atoms with Gasteiger partial charge in [-0.15, -0.1) is 0 Å². The highest BCUT2D eigenvalue weighted by molar-refractivity contribution is 5.30. The Balaban J connectivity index is 1.52. The van der Waals surface area contributed by atoms with Gasteiger partial charge in [0.15, 0.2) is 0 Å². The first-order chi connectivity index (χ1) is 10.3. The molecule has 2 heterocycles. The number of hydrogen-bond donors (Lipinski definition) is 1. The van der Waals surface area contributed by atoms with Gasteiger partial charge >= 0.3 is 0 Å². The van der Waals surface area contributed by atoms with Crippen LogP contribution in [0.4, 0.5) is 0 Å². The molecule has 0 aliphatic carbocycles. The topological polar surface area (TPSA) is 33.1 Å². The van der Waals surface area contributed by atoms with E-state index in [-0.39, 0.29) is 0 Å². The largest absolute Gasteiger partial charge is 0.308 e. The number of piperidine rings is 1. The van der Waals surface area contributed by atoms with Crippen LogP contribution in [-0.2, 0) is 6.54 Å². The highest BCUT2D eigenvalue weighted by atomic mass is 15.3. The van der Waals surface area contributed by atoms with Crippen LogP contribution >= 0.6 is 0 Å². The molecule has 112 valence electrons. The second kappa shape index (κ2) is 6.87. The van der Waals surface area contributed by atoms with Crippen LogP contribution in [0.15, 0.2) is 42.6 Å². The summed E-state index contributed by atoms with van der Waals surface area (Å²) in [6.07, 6.45) is 4.52. The molecule has 21 heavy (non-hydrogen) atoms. The second-order valence-electron chi connectivity index (χ2n) is 5.68. The predicted octanol–water partition coefficient (Wildman–Crippen LogP) is 2.45. The molecule has 4 heteroatoms. The fraction of sp³-hybridized carbons (Fsp3) is 0.471. The van der Waals surface area contributed by atoms with Gasteiger partial charge in [-0.05, 0) is 50.7 Å². The average Bonchev–Trinajstić information content (AvgIpc) is 3.03. The summed E-state index contributed by atoms with van der Waals surface area (Å²) in [5, 5.41) is 8.28. The standard InChI is InChI=1S/C17H24N4/c1-2-20-11-8-15(9-12-20)18-14-16-10-13-21(19-16)17-6-4-3-5-7-17/h3-7,10,13,15,18H,2,8-9,11-12,14H2,1H3. The molecule has 0 spiro atoms. The van der Waals surface area contributed by atoms with E-state index in [1.807, 2.05) is 29.1 Å². The van der Waals surface area contributed by atoms with Gasteiger partial charge in [-0.25, -0.2) is 4.68 Å². The van der Waals surface area contributed by atoms with Crippen LogP contribution in [0.2, 0.25) is 0 Å². The van der Waals surface area contributed by atoms with Gasteiger partial charge in [-0.2, -0.15) is 5.10 Å². The molecule has 1 saturated heterocycles. The summed E-state index contributed by atoms with van der Waals surface area (Å²) in [7, 11) is 0. The zero-order valence-electron chi connectivity index (χ0n) is 12.7. The number of hydrogen-bond acceptors (Lipinski definition) is 3. The summed E-state index contributed by atoms with van der Waals surface area (Å²) in [5.74, 6) is 0. The van der Waals surface area contributed by atoms with E-state index in [9.17, 15) is 0 Å². The lowest BCUT2D eigenvalue weighted by atomic mass is 10.1. The summed E-state index contributed by atoms with van der Waals surface area (Å²) in [6, 6.07) is 13.0. The van der Waals surface area contributed by atoms with Gasteiger partial charge in [0.2, 0.25) is 0 Å². The molecular formula is C17H24N4. The van der Waals surface area contributed by atoms with Crippen LogP contribution in [0.1, 0.15) is 25.5 Å². The summed E-state index contributed by atoms with van der Waals surface area (Å²) < 4.78 is 1.94. The zero-order chi connectivity index (χ0) is 14.5. The van der Waals surface area contributed by atoms with Crippen molar-refractivity contribution in [3.8, 4) is 5.69 Å². The van der Waals surface area contributed by atoms with Crippen LogP contribution in [0.3, 0.4) is 0 Å². The van der Waals surface area contributed by atoms with Gasteiger partial charge in [0.25, 0.3) is 0 Å². The molecule has 1 fully saturated rings. The molecule has 3 rings (SSSR count). The first-order valence-corrected chi connectivity index (χ1v) is 7.91. The predicted molar refractivity (Wildman–Crippen MR) is 85.5 cm³/mol. The summed E-state index contributed by atoms with van der Waals surface area (Å²) in [6.45, 7) is 6.70. The Morgan fingerprint density at radius 3 is 2.62 bits per heavy atom. The maximum atomic E-state index is 4.64. The number of nitrogens with one attached hydrogen (secondary N) is 1. The van der Waals surface area contributed by atoms with E-state index in [2.05, 4.69) is 40.4 Å². The fourth-order valence-corrected chi connectivity index (χ4v) is 2.88. The quantitative estimate of drug-likeness (QED) is 0.915. The minimum atomic E-state index is 0.634. The molecule has 4 nitrogen and oxygen atoms in total. The van der Waals surface area contributed by atoms with Gasteiger partial charge in [-0.1, -0.05) is 25.1 Å². The van der Waals surface area contributed by atoms with Crippen molar-refractivity contribution in [1.29, 1.82) is 0 Å². The first kappa shape index (κ1) is 14.3. The van der Waals surface area contributed by atoms with Crippen molar-refractivity contribution in [2.45, 2.75) is 32.4 Å². The lowest BCUT2D eigenvalue weighted by Gasteiger charge is -2.31. The fourth-order valence-electron chi connectivity index (χ4n) is 2.88. The van der Waals surface area contributed by atoms with E-state index < -0.39 is 0 Å². The van der Waals surface area contributed by atoms with E-state index in [1.54, 1.807) is 0 Å². The van der Waals surface area contributed by atoms with Gasteiger partial charge in [0, 0.05) is 18.8 Å². The van der Waals surface area contributed by atoms with Gasteiger partial charge < -0.3 is 10.2 Å². The van der Waals surface area contributed by atoms with E-state index in [0.29, 0.717) is 6.04 Å². The molecule has 1 N–H and O–H groups in total. The molecule has 0 radical (unpaired) electrons. The number of para-hydroxylation sites is 1. The lowest BCUT2D eigenvalue weighted by Crippen LogP contribution is -2.42. The molecule has 0 bridgehead atoms. The third-order valence-electron chi connectivity index (χ3n) is 4.27. The Labute approximate surface area is 126 Å². The smallest absolute Gasteiger partial charge is 0.0766 e. The third kappa shape index (κ3) is 3.71. The number of aromatic nitrogens is 2. The second-order valence-corrected chi connectivity index (χ2v) is 5.68. The SMILES string of the molecule is CCN1CCC(NCc2ccn(-c3ccccc3)n2)CC1. The van der Waals surface area contributed by atoms with Crippen LogP contribution in [0.25, 0.3) is 5.69 Å². The zero-order valence-corrected chi connectivity index (χ0v) is 12.7. The van der Waals surface area contributed by atoms with Crippen LogP contribution in [0.5, 0.6) is 0 Å². The third-order valence-corrected chi connectivity index (χ3v) is 4.27. The van der Waals surface area contributed by atoms with Gasteiger partial charge in [0.05, 0.1) is 11.4 Å². The molecule has 1 aromatic carbocycles. The molecule has 0 atom stereocenters.